The van der Waals surface area contributed by atoms with Crippen LogP contribution in [-0.4, -0.2) is 21.6 Å². The van der Waals surface area contributed by atoms with Gasteiger partial charge in [-0.05, 0) is 13.0 Å². The highest BCUT2D eigenvalue weighted by Gasteiger charge is 2.09. The zero-order valence-electron chi connectivity index (χ0n) is 11.2. The summed E-state index contributed by atoms with van der Waals surface area (Å²) in [4.78, 5) is 19.2. The second-order valence-corrected chi connectivity index (χ2v) is 3.96. The minimum Gasteiger partial charge on any atom is -0.472 e. The van der Waals surface area contributed by atoms with E-state index in [4.69, 9.17) is 4.74 Å². The van der Waals surface area contributed by atoms with Gasteiger partial charge in [0, 0.05) is 30.4 Å². The summed E-state index contributed by atoms with van der Waals surface area (Å²) in [6.45, 7) is 5.55. The summed E-state index contributed by atoms with van der Waals surface area (Å²) < 4.78 is 7.52. The van der Waals surface area contributed by atoms with Crippen LogP contribution in [0.3, 0.4) is 0 Å². The van der Waals surface area contributed by atoms with E-state index in [2.05, 4.69) is 16.6 Å². The van der Waals surface area contributed by atoms with E-state index in [0.717, 1.165) is 11.2 Å². The van der Waals surface area contributed by atoms with E-state index in [1.807, 2.05) is 28.9 Å². The molecule has 0 aliphatic carbocycles. The van der Waals surface area contributed by atoms with E-state index in [1.54, 1.807) is 19.2 Å². The van der Waals surface area contributed by atoms with Crippen LogP contribution in [0.1, 0.15) is 12.5 Å². The summed E-state index contributed by atoms with van der Waals surface area (Å²) in [6, 6.07) is 3.83. The van der Waals surface area contributed by atoms with Crippen LogP contribution >= 0.6 is 0 Å². The standard InChI is InChI=1S/C15H15N3O2/c1-3-12(10-19)15(16-4-2)20-11-13-6-5-8-18-9-7-17-14(13)18/h3-10H,2,11H2,1H3/b12-3-,16-15+. The first kappa shape index (κ1) is 13.7. The second kappa shape index (κ2) is 6.47. The molecular weight excluding hydrogens is 254 g/mol. The molecule has 5 heteroatoms. The number of aromatic nitrogens is 2. The molecule has 0 atom stereocenters. The number of nitrogens with zero attached hydrogens (tertiary/aromatic N) is 3. The van der Waals surface area contributed by atoms with Crippen molar-refractivity contribution in [2.75, 3.05) is 0 Å². The number of carbonyl (C=O) groups excluding carboxylic acids is 1. The van der Waals surface area contributed by atoms with Crippen molar-refractivity contribution in [2.45, 2.75) is 13.5 Å². The van der Waals surface area contributed by atoms with Crippen LogP contribution in [0.2, 0.25) is 0 Å². The van der Waals surface area contributed by atoms with Crippen LogP contribution in [0.5, 0.6) is 0 Å². The molecule has 0 amide bonds. The molecule has 2 aromatic rings. The lowest BCUT2D eigenvalue weighted by molar-refractivity contribution is -0.104. The molecule has 0 N–H and O–H groups in total. The fourth-order valence-corrected chi connectivity index (χ4v) is 1.79. The third-order valence-corrected chi connectivity index (χ3v) is 2.76. The summed E-state index contributed by atoms with van der Waals surface area (Å²) >= 11 is 0. The Morgan fingerprint density at radius 1 is 1.55 bits per heavy atom. The van der Waals surface area contributed by atoms with Crippen LogP contribution in [0.15, 0.2) is 60.1 Å². The Labute approximate surface area is 116 Å². The molecular formula is C15H15N3O2. The number of pyridine rings is 1. The summed E-state index contributed by atoms with van der Waals surface area (Å²) in [5.41, 5.74) is 2.12. The third kappa shape index (κ3) is 2.83. The Bertz CT molecular complexity index is 683. The average molecular weight is 269 g/mol. The van der Waals surface area contributed by atoms with Gasteiger partial charge in [0.25, 0.3) is 0 Å². The third-order valence-electron chi connectivity index (χ3n) is 2.76. The molecule has 0 saturated heterocycles. The van der Waals surface area contributed by atoms with Gasteiger partial charge in [0.2, 0.25) is 5.90 Å². The summed E-state index contributed by atoms with van der Waals surface area (Å²) in [7, 11) is 0. The molecule has 2 rings (SSSR count). The first-order valence-corrected chi connectivity index (χ1v) is 6.14. The zero-order valence-corrected chi connectivity index (χ0v) is 11.2. The largest absolute Gasteiger partial charge is 0.472 e. The predicted octanol–water partition coefficient (Wildman–Crippen LogP) is 2.54. The fourth-order valence-electron chi connectivity index (χ4n) is 1.79. The number of rotatable bonds is 5. The van der Waals surface area contributed by atoms with Gasteiger partial charge in [0.05, 0.1) is 5.57 Å². The number of allylic oxidation sites excluding steroid dienone is 1. The van der Waals surface area contributed by atoms with Gasteiger partial charge in [-0.3, -0.25) is 4.79 Å². The number of imidazole rings is 1. The van der Waals surface area contributed by atoms with Crippen molar-refractivity contribution in [3.63, 3.8) is 0 Å². The number of ether oxygens (including phenoxy) is 1. The Kier molecular flexibility index (Phi) is 4.44. The SMILES string of the molecule is C=C/N=C(OCc1cccn2ccnc12)\C(C=O)=C/C. The van der Waals surface area contributed by atoms with Crippen molar-refractivity contribution in [2.24, 2.45) is 4.99 Å². The maximum Gasteiger partial charge on any atom is 0.224 e. The van der Waals surface area contributed by atoms with E-state index >= 15 is 0 Å². The van der Waals surface area contributed by atoms with Gasteiger partial charge < -0.3 is 9.14 Å². The molecule has 0 spiro atoms. The van der Waals surface area contributed by atoms with E-state index in [1.165, 1.54) is 6.20 Å². The number of aliphatic imine (C=N–C) groups is 1. The molecule has 0 unspecified atom stereocenters. The van der Waals surface area contributed by atoms with Gasteiger partial charge in [-0.2, -0.15) is 0 Å². The number of fused-ring (bicyclic) bond motifs is 1. The van der Waals surface area contributed by atoms with Crippen molar-refractivity contribution in [3.05, 3.63) is 60.7 Å². The maximum absolute atomic E-state index is 11.0. The molecule has 0 aromatic carbocycles. The topological polar surface area (TPSA) is 56.0 Å². The second-order valence-electron chi connectivity index (χ2n) is 3.96. The van der Waals surface area contributed by atoms with E-state index in [0.29, 0.717) is 11.9 Å². The Balaban J connectivity index is 2.22. The number of hydrogen-bond acceptors (Lipinski definition) is 4. The molecule has 102 valence electrons. The monoisotopic (exact) mass is 269 g/mol. The van der Waals surface area contributed by atoms with Gasteiger partial charge >= 0.3 is 0 Å². The molecule has 0 radical (unpaired) electrons. The fraction of sp³-hybridized carbons (Fsp3) is 0.133. The first-order valence-electron chi connectivity index (χ1n) is 6.14. The molecule has 5 nitrogen and oxygen atoms in total. The lowest BCUT2D eigenvalue weighted by atomic mass is 10.2. The van der Waals surface area contributed by atoms with Crippen LogP contribution in [0, 0.1) is 0 Å². The Morgan fingerprint density at radius 2 is 2.40 bits per heavy atom. The highest BCUT2D eigenvalue weighted by atomic mass is 16.5. The molecule has 2 heterocycles. The predicted molar refractivity (Wildman–Crippen MR) is 77.4 cm³/mol. The summed E-state index contributed by atoms with van der Waals surface area (Å²) in [5, 5.41) is 0. The number of aldehydes is 1. The number of carbonyl (C=O) groups is 1. The highest BCUT2D eigenvalue weighted by Crippen LogP contribution is 2.11. The molecule has 0 fully saturated rings. The van der Waals surface area contributed by atoms with Gasteiger partial charge in [-0.25, -0.2) is 9.98 Å². The van der Waals surface area contributed by atoms with Crippen molar-refractivity contribution in [1.82, 2.24) is 9.38 Å². The minimum atomic E-state index is 0.256. The van der Waals surface area contributed by atoms with Crippen molar-refractivity contribution >= 4 is 17.8 Å². The van der Waals surface area contributed by atoms with Crippen molar-refractivity contribution in [3.8, 4) is 0 Å². The quantitative estimate of drug-likeness (QED) is 0.363. The minimum absolute atomic E-state index is 0.256. The lowest BCUT2D eigenvalue weighted by Gasteiger charge is -2.09. The number of hydrogen-bond donors (Lipinski definition) is 0. The zero-order chi connectivity index (χ0) is 14.4. The molecule has 0 saturated carbocycles. The van der Waals surface area contributed by atoms with Crippen LogP contribution in [0.4, 0.5) is 0 Å². The van der Waals surface area contributed by atoms with Crippen LogP contribution < -0.4 is 0 Å². The normalized spacial score (nSPS) is 12.4. The van der Waals surface area contributed by atoms with E-state index in [9.17, 15) is 4.79 Å². The Morgan fingerprint density at radius 3 is 3.10 bits per heavy atom. The highest BCUT2D eigenvalue weighted by molar-refractivity contribution is 6.10. The summed E-state index contributed by atoms with van der Waals surface area (Å²) in [6.07, 6.45) is 9.19. The van der Waals surface area contributed by atoms with Gasteiger partial charge in [0.15, 0.2) is 6.29 Å². The molecule has 2 aromatic heterocycles. The van der Waals surface area contributed by atoms with Gasteiger partial charge in [0.1, 0.15) is 12.3 Å². The molecule has 0 bridgehead atoms. The van der Waals surface area contributed by atoms with E-state index < -0.39 is 0 Å². The van der Waals surface area contributed by atoms with Crippen LogP contribution in [0.25, 0.3) is 5.65 Å². The Hall–Kier alpha value is -2.69. The van der Waals surface area contributed by atoms with Crippen LogP contribution in [-0.2, 0) is 16.1 Å². The molecule has 20 heavy (non-hydrogen) atoms. The van der Waals surface area contributed by atoms with Crippen molar-refractivity contribution < 1.29 is 9.53 Å². The van der Waals surface area contributed by atoms with Gasteiger partial charge in [-0.15, -0.1) is 0 Å². The molecule has 0 aliphatic rings. The smallest absolute Gasteiger partial charge is 0.224 e. The van der Waals surface area contributed by atoms with Gasteiger partial charge in [-0.1, -0.05) is 18.7 Å². The lowest BCUT2D eigenvalue weighted by Crippen LogP contribution is -2.10. The average Bonchev–Trinajstić information content (AvgIpc) is 2.95. The summed E-state index contributed by atoms with van der Waals surface area (Å²) in [5.74, 6) is 0.256. The first-order chi connectivity index (χ1) is 9.80. The van der Waals surface area contributed by atoms with Crippen molar-refractivity contribution in [1.29, 1.82) is 0 Å². The van der Waals surface area contributed by atoms with E-state index in [-0.39, 0.29) is 12.5 Å². The maximum atomic E-state index is 11.0. The molecule has 0 aliphatic heterocycles.